The predicted molar refractivity (Wildman–Crippen MR) is 84.5 cm³/mol. The van der Waals surface area contributed by atoms with E-state index in [0.29, 0.717) is 0 Å². The molecule has 0 aliphatic heterocycles. The molecule has 0 heterocycles. The van der Waals surface area contributed by atoms with Gasteiger partial charge in [0.25, 0.3) is 0 Å². The van der Waals surface area contributed by atoms with Crippen LogP contribution in [0.2, 0.25) is 0 Å². The zero-order chi connectivity index (χ0) is 14.6. The molecule has 20 heavy (non-hydrogen) atoms. The molecule has 1 aromatic rings. The third-order valence-corrected chi connectivity index (χ3v) is 2.97. The Kier molecular flexibility index (Phi) is 8.11. The first kappa shape index (κ1) is 16.2. The standard InChI is InChI=1S/C16H25N3O/c1-3-4-12-18-16(20)19(2)13-8-11-17-14-15-9-6-5-7-10-15/h5-7,9-10,14H,3-4,8,11-13H2,1-2H3,(H,18,20). The fraction of sp³-hybridized carbons (Fsp3) is 0.500. The number of carbonyl (C=O) groups excluding carboxylic acids is 1. The van der Waals surface area contributed by atoms with E-state index in [4.69, 9.17) is 0 Å². The number of carbonyl (C=O) groups is 1. The van der Waals surface area contributed by atoms with Crippen molar-refractivity contribution in [3.05, 3.63) is 35.9 Å². The lowest BCUT2D eigenvalue weighted by atomic mass is 10.2. The molecule has 0 aromatic heterocycles. The highest BCUT2D eigenvalue weighted by atomic mass is 16.2. The number of rotatable bonds is 8. The summed E-state index contributed by atoms with van der Waals surface area (Å²) in [6, 6.07) is 10.0. The molecule has 0 radical (unpaired) electrons. The van der Waals surface area contributed by atoms with Crippen LogP contribution in [0.3, 0.4) is 0 Å². The monoisotopic (exact) mass is 275 g/mol. The quantitative estimate of drug-likeness (QED) is 0.575. The topological polar surface area (TPSA) is 44.7 Å². The summed E-state index contributed by atoms with van der Waals surface area (Å²) >= 11 is 0. The molecule has 0 saturated carbocycles. The van der Waals surface area contributed by atoms with Crippen LogP contribution in [0.25, 0.3) is 0 Å². The maximum absolute atomic E-state index is 11.7. The van der Waals surface area contributed by atoms with E-state index in [1.165, 1.54) is 0 Å². The lowest BCUT2D eigenvalue weighted by Gasteiger charge is -2.17. The van der Waals surface area contributed by atoms with E-state index >= 15 is 0 Å². The molecule has 0 unspecified atom stereocenters. The minimum absolute atomic E-state index is 0.00508. The SMILES string of the molecule is CCCCNC(=O)N(C)CCCN=Cc1ccccc1. The van der Waals surface area contributed by atoms with Crippen molar-refractivity contribution in [2.75, 3.05) is 26.7 Å². The molecule has 4 nitrogen and oxygen atoms in total. The van der Waals surface area contributed by atoms with Crippen LogP contribution in [-0.4, -0.2) is 43.8 Å². The third-order valence-electron chi connectivity index (χ3n) is 2.97. The maximum Gasteiger partial charge on any atom is 0.317 e. The summed E-state index contributed by atoms with van der Waals surface area (Å²) in [4.78, 5) is 17.8. The van der Waals surface area contributed by atoms with E-state index in [9.17, 15) is 4.79 Å². The molecule has 110 valence electrons. The summed E-state index contributed by atoms with van der Waals surface area (Å²) < 4.78 is 0. The molecule has 0 atom stereocenters. The summed E-state index contributed by atoms with van der Waals surface area (Å²) in [5.41, 5.74) is 1.11. The Morgan fingerprint density at radius 3 is 2.75 bits per heavy atom. The van der Waals surface area contributed by atoms with Gasteiger partial charge in [0.15, 0.2) is 0 Å². The van der Waals surface area contributed by atoms with E-state index in [-0.39, 0.29) is 6.03 Å². The second kappa shape index (κ2) is 10.0. The van der Waals surface area contributed by atoms with Crippen LogP contribution in [-0.2, 0) is 0 Å². The fourth-order valence-electron chi connectivity index (χ4n) is 1.72. The lowest BCUT2D eigenvalue weighted by Crippen LogP contribution is -2.38. The van der Waals surface area contributed by atoms with E-state index in [2.05, 4.69) is 17.2 Å². The van der Waals surface area contributed by atoms with Gasteiger partial charge < -0.3 is 10.2 Å². The lowest BCUT2D eigenvalue weighted by molar-refractivity contribution is 0.208. The van der Waals surface area contributed by atoms with Gasteiger partial charge in [-0.1, -0.05) is 43.7 Å². The third kappa shape index (κ3) is 6.92. The number of hydrogen-bond donors (Lipinski definition) is 1. The molecule has 1 aromatic carbocycles. The minimum Gasteiger partial charge on any atom is -0.338 e. The number of unbranched alkanes of at least 4 members (excludes halogenated alkanes) is 1. The van der Waals surface area contributed by atoms with Crippen molar-refractivity contribution >= 4 is 12.2 Å². The van der Waals surface area contributed by atoms with Crippen LogP contribution in [0.15, 0.2) is 35.3 Å². The summed E-state index contributed by atoms with van der Waals surface area (Å²) in [5, 5.41) is 2.90. The van der Waals surface area contributed by atoms with Gasteiger partial charge in [0.05, 0.1) is 0 Å². The Morgan fingerprint density at radius 1 is 1.30 bits per heavy atom. The van der Waals surface area contributed by atoms with E-state index < -0.39 is 0 Å². The van der Waals surface area contributed by atoms with E-state index in [1.807, 2.05) is 43.6 Å². The highest BCUT2D eigenvalue weighted by Gasteiger charge is 2.05. The van der Waals surface area contributed by atoms with E-state index in [1.54, 1.807) is 4.90 Å². The molecule has 0 aliphatic rings. The predicted octanol–water partition coefficient (Wildman–Crippen LogP) is 2.94. The minimum atomic E-state index is 0.00508. The number of benzene rings is 1. The van der Waals surface area contributed by atoms with Crippen molar-refractivity contribution in [2.45, 2.75) is 26.2 Å². The maximum atomic E-state index is 11.7. The second-order valence-corrected chi connectivity index (χ2v) is 4.81. The Balaban J connectivity index is 2.14. The van der Waals surface area contributed by atoms with E-state index in [0.717, 1.165) is 44.5 Å². The first-order chi connectivity index (χ1) is 9.74. The Morgan fingerprint density at radius 2 is 2.05 bits per heavy atom. The van der Waals surface area contributed by atoms with Crippen LogP contribution in [0.5, 0.6) is 0 Å². The number of nitrogens with zero attached hydrogens (tertiary/aromatic N) is 2. The Bertz CT molecular complexity index is 403. The van der Waals surface area contributed by atoms with Crippen LogP contribution >= 0.6 is 0 Å². The first-order valence-electron chi connectivity index (χ1n) is 7.28. The van der Waals surface area contributed by atoms with Crippen LogP contribution in [0, 0.1) is 0 Å². The van der Waals surface area contributed by atoms with Gasteiger partial charge in [0, 0.05) is 32.9 Å². The van der Waals surface area contributed by atoms with Gasteiger partial charge in [-0.2, -0.15) is 0 Å². The molecule has 2 amide bonds. The van der Waals surface area contributed by atoms with Crippen molar-refractivity contribution < 1.29 is 4.79 Å². The molecular formula is C16H25N3O. The van der Waals surface area contributed by atoms with Crippen molar-refractivity contribution in [1.29, 1.82) is 0 Å². The zero-order valence-corrected chi connectivity index (χ0v) is 12.5. The van der Waals surface area contributed by atoms with Gasteiger partial charge in [-0.15, -0.1) is 0 Å². The highest BCUT2D eigenvalue weighted by Crippen LogP contribution is 1.95. The fourth-order valence-corrected chi connectivity index (χ4v) is 1.72. The van der Waals surface area contributed by atoms with Crippen LogP contribution < -0.4 is 5.32 Å². The molecule has 0 spiro atoms. The summed E-state index contributed by atoms with van der Waals surface area (Å²) in [7, 11) is 1.82. The van der Waals surface area contributed by atoms with Crippen molar-refractivity contribution in [1.82, 2.24) is 10.2 Å². The molecule has 1 rings (SSSR count). The van der Waals surface area contributed by atoms with Crippen LogP contribution in [0.1, 0.15) is 31.7 Å². The van der Waals surface area contributed by atoms with Gasteiger partial charge >= 0.3 is 6.03 Å². The summed E-state index contributed by atoms with van der Waals surface area (Å²) in [6.07, 6.45) is 4.88. The number of urea groups is 1. The number of nitrogens with one attached hydrogen (secondary N) is 1. The molecule has 0 aliphatic carbocycles. The Labute approximate surface area is 121 Å². The van der Waals surface area contributed by atoms with Gasteiger partial charge in [0.2, 0.25) is 0 Å². The van der Waals surface area contributed by atoms with Crippen molar-refractivity contribution in [2.24, 2.45) is 4.99 Å². The molecule has 1 N–H and O–H groups in total. The number of amides is 2. The molecule has 4 heteroatoms. The summed E-state index contributed by atoms with van der Waals surface area (Å²) in [5.74, 6) is 0. The largest absolute Gasteiger partial charge is 0.338 e. The average molecular weight is 275 g/mol. The Hall–Kier alpha value is -1.84. The first-order valence-corrected chi connectivity index (χ1v) is 7.28. The average Bonchev–Trinajstić information content (AvgIpc) is 2.48. The highest BCUT2D eigenvalue weighted by molar-refractivity contribution is 5.79. The van der Waals surface area contributed by atoms with Crippen molar-refractivity contribution in [3.8, 4) is 0 Å². The van der Waals surface area contributed by atoms with Gasteiger partial charge in [-0.25, -0.2) is 4.79 Å². The second-order valence-electron chi connectivity index (χ2n) is 4.81. The number of hydrogen-bond acceptors (Lipinski definition) is 2. The van der Waals surface area contributed by atoms with Crippen molar-refractivity contribution in [3.63, 3.8) is 0 Å². The van der Waals surface area contributed by atoms with Gasteiger partial charge in [0.1, 0.15) is 0 Å². The van der Waals surface area contributed by atoms with Gasteiger partial charge in [-0.05, 0) is 18.4 Å². The zero-order valence-electron chi connectivity index (χ0n) is 12.5. The molecule has 0 bridgehead atoms. The number of aliphatic imine (C=N–C) groups is 1. The normalized spacial score (nSPS) is 10.7. The summed E-state index contributed by atoms with van der Waals surface area (Å²) in [6.45, 7) is 4.33. The molecule has 0 saturated heterocycles. The molecule has 0 fully saturated rings. The van der Waals surface area contributed by atoms with Gasteiger partial charge in [-0.3, -0.25) is 4.99 Å². The smallest absolute Gasteiger partial charge is 0.317 e. The van der Waals surface area contributed by atoms with Crippen LogP contribution in [0.4, 0.5) is 4.79 Å². The molecular weight excluding hydrogens is 250 g/mol.